The maximum atomic E-state index is 12.0. The highest BCUT2D eigenvalue weighted by molar-refractivity contribution is 7.17. The maximum Gasteiger partial charge on any atom is 0.354 e. The van der Waals surface area contributed by atoms with E-state index < -0.39 is 5.97 Å². The van der Waals surface area contributed by atoms with E-state index in [1.165, 1.54) is 26.8 Å². The third-order valence-corrected chi connectivity index (χ3v) is 8.08. The average Bonchev–Trinajstić information content (AvgIpc) is 3.53. The highest BCUT2D eigenvalue weighted by atomic mass is 32.1. The number of hydrogen-bond acceptors (Lipinski definition) is 5. The minimum absolute atomic E-state index is 0.330. The van der Waals surface area contributed by atoms with Gasteiger partial charge in [-0.3, -0.25) is 9.67 Å². The van der Waals surface area contributed by atoms with Crippen molar-refractivity contribution in [2.45, 2.75) is 32.2 Å². The Balaban J connectivity index is 1.03. The van der Waals surface area contributed by atoms with Gasteiger partial charge in [-0.2, -0.15) is 5.10 Å². The highest BCUT2D eigenvalue weighted by Gasteiger charge is 2.27. The zero-order chi connectivity index (χ0) is 25.2. The van der Waals surface area contributed by atoms with Gasteiger partial charge in [0.15, 0.2) is 0 Å². The molecule has 0 atom stereocenters. The number of carboxylic acid groups (broad SMARTS) is 1. The SMILES string of the molecule is O=C(O)c1c2c(nn1CCCNCCc1ccc(-c3csc4ccccc34)cc1)-c1ccncc1CC2. The molecule has 186 valence electrons. The predicted octanol–water partition coefficient (Wildman–Crippen LogP) is 5.85. The average molecular weight is 509 g/mol. The van der Waals surface area contributed by atoms with E-state index in [4.69, 9.17) is 5.10 Å². The van der Waals surface area contributed by atoms with E-state index in [1.807, 2.05) is 12.3 Å². The van der Waals surface area contributed by atoms with Crippen LogP contribution in [0.5, 0.6) is 0 Å². The monoisotopic (exact) mass is 508 g/mol. The second kappa shape index (κ2) is 10.3. The van der Waals surface area contributed by atoms with Gasteiger partial charge in [-0.25, -0.2) is 4.79 Å². The van der Waals surface area contributed by atoms with E-state index in [2.05, 4.69) is 64.2 Å². The van der Waals surface area contributed by atoms with Crippen LogP contribution < -0.4 is 5.32 Å². The van der Waals surface area contributed by atoms with Crippen LogP contribution in [0.25, 0.3) is 32.5 Å². The van der Waals surface area contributed by atoms with E-state index in [9.17, 15) is 9.90 Å². The number of thiophene rings is 1. The van der Waals surface area contributed by atoms with Crippen LogP contribution in [0.4, 0.5) is 0 Å². The lowest BCUT2D eigenvalue weighted by molar-refractivity contribution is 0.0681. The number of pyridine rings is 1. The van der Waals surface area contributed by atoms with Crippen molar-refractivity contribution in [3.05, 3.63) is 94.8 Å². The van der Waals surface area contributed by atoms with Crippen molar-refractivity contribution in [2.75, 3.05) is 13.1 Å². The first kappa shape index (κ1) is 23.6. The first-order valence-electron chi connectivity index (χ1n) is 12.7. The Labute approximate surface area is 219 Å². The fraction of sp³-hybridized carbons (Fsp3) is 0.233. The number of carboxylic acids is 1. The van der Waals surface area contributed by atoms with Gasteiger partial charge in [0.2, 0.25) is 0 Å². The van der Waals surface area contributed by atoms with Crippen LogP contribution in [-0.4, -0.2) is 38.9 Å². The number of hydrogen-bond donors (Lipinski definition) is 2. The number of nitrogens with one attached hydrogen (secondary N) is 1. The lowest BCUT2D eigenvalue weighted by Gasteiger charge is -2.14. The lowest BCUT2D eigenvalue weighted by Crippen LogP contribution is -2.21. The summed E-state index contributed by atoms with van der Waals surface area (Å²) in [5, 5.41) is 21.6. The van der Waals surface area contributed by atoms with Gasteiger partial charge in [0, 0.05) is 45.7 Å². The fourth-order valence-electron chi connectivity index (χ4n) is 5.23. The largest absolute Gasteiger partial charge is 0.477 e. The third-order valence-electron chi connectivity index (χ3n) is 7.12. The molecule has 6 nitrogen and oxygen atoms in total. The molecule has 2 N–H and O–H groups in total. The summed E-state index contributed by atoms with van der Waals surface area (Å²) in [7, 11) is 0. The van der Waals surface area contributed by atoms with Crippen LogP contribution >= 0.6 is 11.3 Å². The Kier molecular flexibility index (Phi) is 6.55. The van der Waals surface area contributed by atoms with Gasteiger partial charge in [-0.15, -0.1) is 11.3 Å². The summed E-state index contributed by atoms with van der Waals surface area (Å²) < 4.78 is 3.00. The molecule has 0 spiro atoms. The molecular formula is C30H28N4O2S. The van der Waals surface area contributed by atoms with Gasteiger partial charge in [0.25, 0.3) is 0 Å². The molecule has 0 fully saturated rings. The molecule has 0 unspecified atom stereocenters. The van der Waals surface area contributed by atoms with Gasteiger partial charge < -0.3 is 10.4 Å². The molecule has 2 aromatic carbocycles. The van der Waals surface area contributed by atoms with Crippen molar-refractivity contribution in [1.29, 1.82) is 0 Å². The molecule has 0 aliphatic heterocycles. The van der Waals surface area contributed by atoms with Gasteiger partial charge in [-0.05, 0) is 73.0 Å². The van der Waals surface area contributed by atoms with Crippen LogP contribution in [-0.2, 0) is 25.8 Å². The van der Waals surface area contributed by atoms with E-state index >= 15 is 0 Å². The van der Waals surface area contributed by atoms with Crippen LogP contribution in [0, 0.1) is 0 Å². The molecule has 6 rings (SSSR count). The zero-order valence-corrected chi connectivity index (χ0v) is 21.3. The highest BCUT2D eigenvalue weighted by Crippen LogP contribution is 2.35. The van der Waals surface area contributed by atoms with Gasteiger partial charge in [0.1, 0.15) is 5.69 Å². The Morgan fingerprint density at radius 1 is 1.03 bits per heavy atom. The second-order valence-electron chi connectivity index (χ2n) is 9.43. The number of benzene rings is 2. The van der Waals surface area contributed by atoms with Crippen molar-refractivity contribution >= 4 is 27.4 Å². The number of carbonyl (C=O) groups is 1. The molecule has 3 heterocycles. The fourth-order valence-corrected chi connectivity index (χ4v) is 6.20. The number of aromatic nitrogens is 3. The Morgan fingerprint density at radius 3 is 2.76 bits per heavy atom. The Morgan fingerprint density at radius 2 is 1.89 bits per heavy atom. The van der Waals surface area contributed by atoms with E-state index in [1.54, 1.807) is 22.2 Å². The van der Waals surface area contributed by atoms with Crippen molar-refractivity contribution in [3.8, 4) is 22.4 Å². The smallest absolute Gasteiger partial charge is 0.354 e. The maximum absolute atomic E-state index is 12.0. The molecule has 0 saturated carbocycles. The molecular weight excluding hydrogens is 480 g/mol. The molecule has 5 aromatic rings. The zero-order valence-electron chi connectivity index (χ0n) is 20.5. The van der Waals surface area contributed by atoms with Crippen LogP contribution in [0.1, 0.15) is 33.6 Å². The van der Waals surface area contributed by atoms with Crippen molar-refractivity contribution in [2.24, 2.45) is 0 Å². The molecule has 1 aliphatic carbocycles. The van der Waals surface area contributed by atoms with Gasteiger partial charge >= 0.3 is 5.97 Å². The molecule has 3 aromatic heterocycles. The summed E-state index contributed by atoms with van der Waals surface area (Å²) >= 11 is 1.79. The summed E-state index contributed by atoms with van der Waals surface area (Å²) in [6.45, 7) is 2.26. The molecule has 0 saturated heterocycles. The number of aryl methyl sites for hydroxylation is 2. The van der Waals surface area contributed by atoms with E-state index in [-0.39, 0.29) is 0 Å². The molecule has 37 heavy (non-hydrogen) atoms. The first-order chi connectivity index (χ1) is 18.2. The third kappa shape index (κ3) is 4.68. The lowest BCUT2D eigenvalue weighted by atomic mass is 9.90. The van der Waals surface area contributed by atoms with Crippen LogP contribution in [0.3, 0.4) is 0 Å². The van der Waals surface area contributed by atoms with E-state index in [0.717, 1.165) is 54.7 Å². The molecule has 1 aliphatic rings. The quantitative estimate of drug-likeness (QED) is 0.244. The topological polar surface area (TPSA) is 80.0 Å². The molecule has 7 heteroatoms. The van der Waals surface area contributed by atoms with Crippen molar-refractivity contribution in [1.82, 2.24) is 20.1 Å². The summed E-state index contributed by atoms with van der Waals surface area (Å²) in [6, 6.07) is 19.3. The number of rotatable bonds is 9. The van der Waals surface area contributed by atoms with Crippen molar-refractivity contribution < 1.29 is 9.90 Å². The first-order valence-corrected chi connectivity index (χ1v) is 13.6. The number of fused-ring (bicyclic) bond motifs is 4. The van der Waals surface area contributed by atoms with Crippen LogP contribution in [0.2, 0.25) is 0 Å². The summed E-state index contributed by atoms with van der Waals surface area (Å²) in [5.41, 5.74) is 7.97. The number of nitrogens with zero attached hydrogens (tertiary/aromatic N) is 3. The van der Waals surface area contributed by atoms with Crippen LogP contribution in [0.15, 0.2) is 72.4 Å². The summed E-state index contributed by atoms with van der Waals surface area (Å²) in [4.78, 5) is 16.2. The van der Waals surface area contributed by atoms with E-state index in [0.29, 0.717) is 18.7 Å². The summed E-state index contributed by atoms with van der Waals surface area (Å²) in [5.74, 6) is -0.905. The summed E-state index contributed by atoms with van der Waals surface area (Å²) in [6.07, 6.45) is 6.86. The molecule has 0 bridgehead atoms. The van der Waals surface area contributed by atoms with Crippen molar-refractivity contribution in [3.63, 3.8) is 0 Å². The number of aromatic carboxylic acids is 1. The van der Waals surface area contributed by atoms with Gasteiger partial charge in [0.05, 0.1) is 5.69 Å². The predicted molar refractivity (Wildman–Crippen MR) is 148 cm³/mol. The molecule has 0 amide bonds. The minimum Gasteiger partial charge on any atom is -0.477 e. The standard InChI is InChI=1S/C30H28N4O2S/c35-30(36)29-25-11-10-22-18-32-16-13-23(22)28(25)33-34(29)17-3-14-31-15-12-20-6-8-21(9-7-20)26-19-37-27-5-2-1-4-24(26)27/h1-2,4-9,13,16,18-19,31H,3,10-12,14-15,17H2,(H,35,36). The molecule has 0 radical (unpaired) electrons. The normalized spacial score (nSPS) is 12.4. The second-order valence-corrected chi connectivity index (χ2v) is 10.3. The van der Waals surface area contributed by atoms with Gasteiger partial charge in [-0.1, -0.05) is 42.5 Å². The minimum atomic E-state index is -0.905. The Bertz CT molecular complexity index is 1570. The Hall–Kier alpha value is -3.81.